The van der Waals surface area contributed by atoms with Crippen LogP contribution in [0.2, 0.25) is 0 Å². The van der Waals surface area contributed by atoms with E-state index >= 15 is 0 Å². The summed E-state index contributed by atoms with van der Waals surface area (Å²) in [6, 6.07) is 7.50. The molecule has 0 radical (unpaired) electrons. The van der Waals surface area contributed by atoms with Crippen LogP contribution in [-0.4, -0.2) is 59.1 Å². The quantitative estimate of drug-likeness (QED) is 0.708. The number of aromatic amines is 1. The second-order valence-corrected chi connectivity index (χ2v) is 6.48. The molecule has 10 heteroatoms. The van der Waals surface area contributed by atoms with E-state index in [-0.39, 0.29) is 11.9 Å². The normalized spacial score (nSPS) is 20.1. The number of aliphatic hydroxyl groups excluding tert-OH is 1. The van der Waals surface area contributed by atoms with E-state index in [9.17, 15) is 18.3 Å². The molecular formula is C18H17F3N4O3. The van der Waals surface area contributed by atoms with Crippen LogP contribution in [0.1, 0.15) is 0 Å². The Balaban J connectivity index is 1.68. The lowest BCUT2D eigenvalue weighted by molar-refractivity contribution is -0.274. The first kappa shape index (κ1) is 18.5. The number of aliphatic hydroxyl groups is 1. The number of halogens is 3. The minimum absolute atomic E-state index is 0.307. The van der Waals surface area contributed by atoms with Gasteiger partial charge in [-0.2, -0.15) is 5.10 Å². The van der Waals surface area contributed by atoms with E-state index in [4.69, 9.17) is 4.74 Å². The number of methoxy groups -OCH3 is 1. The first-order valence-corrected chi connectivity index (χ1v) is 8.50. The van der Waals surface area contributed by atoms with Gasteiger partial charge in [0, 0.05) is 37.3 Å². The number of anilines is 1. The Morgan fingerprint density at radius 2 is 2.04 bits per heavy atom. The summed E-state index contributed by atoms with van der Waals surface area (Å²) in [5.41, 5.74) is 1.74. The van der Waals surface area contributed by atoms with E-state index in [0.717, 1.165) is 0 Å². The van der Waals surface area contributed by atoms with Crippen molar-refractivity contribution in [3.05, 3.63) is 36.5 Å². The van der Waals surface area contributed by atoms with Crippen LogP contribution in [-0.2, 0) is 4.74 Å². The molecule has 0 amide bonds. The number of H-pyrrole nitrogens is 1. The van der Waals surface area contributed by atoms with Crippen molar-refractivity contribution >= 4 is 16.7 Å². The molecule has 28 heavy (non-hydrogen) atoms. The molecule has 2 N–H and O–H groups in total. The molecule has 1 aliphatic rings. The fourth-order valence-electron chi connectivity index (χ4n) is 3.32. The predicted octanol–water partition coefficient (Wildman–Crippen LogP) is 2.72. The fraction of sp³-hybridized carbons (Fsp3) is 0.333. The van der Waals surface area contributed by atoms with Gasteiger partial charge in [0.05, 0.1) is 11.6 Å². The summed E-state index contributed by atoms with van der Waals surface area (Å²) >= 11 is 0. The van der Waals surface area contributed by atoms with Gasteiger partial charge in [-0.15, -0.1) is 13.2 Å². The molecule has 3 heterocycles. The standard InChI is InChI=1S/C18H17F3N4O3/c1-27-15-9-25(8-14(15)26)16-6-10(4-5-22-16)17-12-7-11(28-18(19,20)21)2-3-13(12)23-24-17/h2-7,14-15,26H,8-9H2,1H3,(H,23,24)/t14-,15-/m0/s1. The van der Waals surface area contributed by atoms with Crippen molar-refractivity contribution in [3.8, 4) is 17.0 Å². The lowest BCUT2D eigenvalue weighted by Gasteiger charge is -2.17. The van der Waals surface area contributed by atoms with Gasteiger partial charge < -0.3 is 19.5 Å². The summed E-state index contributed by atoms with van der Waals surface area (Å²) in [6.45, 7) is 0.860. The third-order valence-corrected chi connectivity index (χ3v) is 4.65. The summed E-state index contributed by atoms with van der Waals surface area (Å²) in [4.78, 5) is 6.21. The fourth-order valence-corrected chi connectivity index (χ4v) is 3.32. The summed E-state index contributed by atoms with van der Waals surface area (Å²) in [5, 5.41) is 17.6. The first-order valence-electron chi connectivity index (χ1n) is 8.50. The van der Waals surface area contributed by atoms with Crippen LogP contribution in [0, 0.1) is 0 Å². The molecule has 2 aromatic heterocycles. The molecule has 148 valence electrons. The Kier molecular flexibility index (Phi) is 4.60. The Hall–Kier alpha value is -2.85. The molecule has 1 aromatic carbocycles. The SMILES string of the molecule is CO[C@H]1CN(c2cc(-c3n[nH]c4ccc(OC(F)(F)F)cc34)ccn2)C[C@@H]1O. The van der Waals surface area contributed by atoms with Gasteiger partial charge in [0.1, 0.15) is 23.4 Å². The zero-order valence-corrected chi connectivity index (χ0v) is 14.8. The molecule has 2 atom stereocenters. The van der Waals surface area contributed by atoms with Crippen molar-refractivity contribution in [3.63, 3.8) is 0 Å². The monoisotopic (exact) mass is 394 g/mol. The van der Waals surface area contributed by atoms with Crippen molar-refractivity contribution < 1.29 is 27.8 Å². The number of β-amino-alcohol motifs (C(OH)–C–C–N with tert-alkyl or cyclic N) is 1. The van der Waals surface area contributed by atoms with Crippen molar-refractivity contribution in [2.45, 2.75) is 18.6 Å². The van der Waals surface area contributed by atoms with Gasteiger partial charge in [-0.25, -0.2) is 4.98 Å². The number of hydrogen-bond acceptors (Lipinski definition) is 6. The number of ether oxygens (including phenoxy) is 2. The first-order chi connectivity index (χ1) is 13.3. The largest absolute Gasteiger partial charge is 0.573 e. The highest BCUT2D eigenvalue weighted by atomic mass is 19.4. The van der Waals surface area contributed by atoms with Crippen LogP contribution in [0.3, 0.4) is 0 Å². The summed E-state index contributed by atoms with van der Waals surface area (Å²) in [5.74, 6) is 0.303. The lowest BCUT2D eigenvalue weighted by atomic mass is 10.1. The van der Waals surface area contributed by atoms with Gasteiger partial charge in [0.15, 0.2) is 0 Å². The molecular weight excluding hydrogens is 377 g/mol. The van der Waals surface area contributed by atoms with Crippen LogP contribution in [0.15, 0.2) is 36.5 Å². The van der Waals surface area contributed by atoms with E-state index in [1.165, 1.54) is 25.3 Å². The summed E-state index contributed by atoms with van der Waals surface area (Å²) in [6.07, 6.45) is -4.11. The second kappa shape index (κ2) is 6.95. The molecule has 1 fully saturated rings. The molecule has 0 aliphatic carbocycles. The van der Waals surface area contributed by atoms with Crippen LogP contribution >= 0.6 is 0 Å². The minimum atomic E-state index is -4.77. The van der Waals surface area contributed by atoms with Gasteiger partial charge in [-0.1, -0.05) is 0 Å². The predicted molar refractivity (Wildman–Crippen MR) is 95.0 cm³/mol. The number of hydrogen-bond donors (Lipinski definition) is 2. The Labute approximate surface area is 157 Å². The molecule has 0 unspecified atom stereocenters. The van der Waals surface area contributed by atoms with Crippen LogP contribution < -0.4 is 9.64 Å². The molecule has 7 nitrogen and oxygen atoms in total. The number of fused-ring (bicyclic) bond motifs is 1. The zero-order chi connectivity index (χ0) is 19.9. The maximum atomic E-state index is 12.5. The van der Waals surface area contributed by atoms with Crippen LogP contribution in [0.4, 0.5) is 19.0 Å². The number of aromatic nitrogens is 3. The maximum absolute atomic E-state index is 12.5. The number of nitrogens with zero attached hydrogens (tertiary/aromatic N) is 3. The third-order valence-electron chi connectivity index (χ3n) is 4.65. The third kappa shape index (κ3) is 3.60. The average Bonchev–Trinajstić information content (AvgIpc) is 3.23. The van der Waals surface area contributed by atoms with Gasteiger partial charge >= 0.3 is 6.36 Å². The van der Waals surface area contributed by atoms with E-state index in [1.807, 2.05) is 4.90 Å². The molecule has 0 bridgehead atoms. The van der Waals surface area contributed by atoms with Crippen molar-refractivity contribution in [1.82, 2.24) is 15.2 Å². The molecule has 3 aromatic rings. The van der Waals surface area contributed by atoms with Crippen LogP contribution in [0.5, 0.6) is 5.75 Å². The highest BCUT2D eigenvalue weighted by molar-refractivity contribution is 5.94. The van der Waals surface area contributed by atoms with Gasteiger partial charge in [0.25, 0.3) is 0 Å². The Bertz CT molecular complexity index is 992. The van der Waals surface area contributed by atoms with Gasteiger partial charge in [0.2, 0.25) is 0 Å². The van der Waals surface area contributed by atoms with Crippen molar-refractivity contribution in [2.75, 3.05) is 25.1 Å². The number of alkyl halides is 3. The van der Waals surface area contributed by atoms with E-state index in [1.54, 1.807) is 18.3 Å². The van der Waals surface area contributed by atoms with E-state index in [2.05, 4.69) is 19.9 Å². The molecule has 1 saturated heterocycles. The van der Waals surface area contributed by atoms with Crippen molar-refractivity contribution in [1.29, 1.82) is 0 Å². The molecule has 1 aliphatic heterocycles. The highest BCUT2D eigenvalue weighted by Gasteiger charge is 2.32. The van der Waals surface area contributed by atoms with Gasteiger partial charge in [-0.3, -0.25) is 5.10 Å². The number of benzene rings is 1. The Morgan fingerprint density at radius 3 is 2.75 bits per heavy atom. The van der Waals surface area contributed by atoms with E-state index < -0.39 is 12.5 Å². The minimum Gasteiger partial charge on any atom is -0.406 e. The maximum Gasteiger partial charge on any atom is 0.573 e. The smallest absolute Gasteiger partial charge is 0.406 e. The summed E-state index contributed by atoms with van der Waals surface area (Å²) in [7, 11) is 1.54. The zero-order valence-electron chi connectivity index (χ0n) is 14.8. The molecule has 4 rings (SSSR count). The second-order valence-electron chi connectivity index (χ2n) is 6.48. The van der Waals surface area contributed by atoms with Crippen LogP contribution in [0.25, 0.3) is 22.2 Å². The molecule has 0 spiro atoms. The Morgan fingerprint density at radius 1 is 1.21 bits per heavy atom. The van der Waals surface area contributed by atoms with E-state index in [0.29, 0.717) is 41.1 Å². The lowest BCUT2D eigenvalue weighted by Crippen LogP contribution is -2.25. The average molecular weight is 394 g/mol. The number of rotatable bonds is 4. The topological polar surface area (TPSA) is 83.5 Å². The number of nitrogens with one attached hydrogen (secondary N) is 1. The number of pyridine rings is 1. The highest BCUT2D eigenvalue weighted by Crippen LogP contribution is 2.33. The van der Waals surface area contributed by atoms with Gasteiger partial charge in [-0.05, 0) is 30.3 Å². The van der Waals surface area contributed by atoms with Crippen molar-refractivity contribution in [2.24, 2.45) is 0 Å². The summed E-state index contributed by atoms with van der Waals surface area (Å²) < 4.78 is 46.8. The molecule has 0 saturated carbocycles.